The van der Waals surface area contributed by atoms with E-state index in [2.05, 4.69) is 260 Å². The zero-order chi connectivity index (χ0) is 41.6. The summed E-state index contributed by atoms with van der Waals surface area (Å²) in [4.78, 5) is 2.66. The van der Waals surface area contributed by atoms with Crippen LogP contribution in [0.1, 0.15) is 38.8 Å². The monoisotopic (exact) mass is 803 g/mol. The van der Waals surface area contributed by atoms with Crippen molar-refractivity contribution in [2.45, 2.75) is 48.3 Å². The molecule has 10 rings (SSSR count). The van der Waals surface area contributed by atoms with Crippen LogP contribution in [0.15, 0.2) is 228 Å². The van der Waals surface area contributed by atoms with Crippen LogP contribution >= 0.6 is 11.8 Å². The molecule has 0 aliphatic carbocycles. The van der Waals surface area contributed by atoms with E-state index in [1.807, 2.05) is 11.8 Å². The van der Waals surface area contributed by atoms with E-state index in [0.29, 0.717) is 0 Å². The van der Waals surface area contributed by atoms with E-state index in [9.17, 15) is 0 Å². The Kier molecular flexibility index (Phi) is 10.2. The quantitative estimate of drug-likeness (QED) is 0.148. The maximum absolute atomic E-state index is 2.67. The summed E-state index contributed by atoms with van der Waals surface area (Å²) in [6.07, 6.45) is 0. The van der Waals surface area contributed by atoms with Crippen molar-refractivity contribution >= 4 is 66.2 Å². The molecule has 294 valence electrons. The average molecular weight is 804 g/mol. The van der Waals surface area contributed by atoms with Gasteiger partial charge in [0.05, 0.1) is 0 Å². The van der Waals surface area contributed by atoms with Crippen molar-refractivity contribution in [1.29, 1.82) is 0 Å². The van der Waals surface area contributed by atoms with Gasteiger partial charge in [0.2, 0.25) is 0 Å². The normalized spacial score (nSPS) is 15.5. The van der Waals surface area contributed by atoms with E-state index in [1.54, 1.807) is 0 Å². The first kappa shape index (κ1) is 38.9. The Labute approximate surface area is 367 Å². The summed E-state index contributed by atoms with van der Waals surface area (Å²) in [5, 5.41) is 0. The fraction of sp³-hybridized carbons (Fsp3) is 0.111. The second-order valence-electron chi connectivity index (χ2n) is 17.3. The van der Waals surface area contributed by atoms with Gasteiger partial charge in [-0.05, 0) is 91.9 Å². The molecule has 2 heterocycles. The second kappa shape index (κ2) is 16.0. The second-order valence-corrected chi connectivity index (χ2v) is 18.4. The number of nitrogens with zero attached hydrogens (tertiary/aromatic N) is 3. The predicted molar refractivity (Wildman–Crippen MR) is 264 cm³/mol. The Morgan fingerprint density at radius 3 is 1.25 bits per heavy atom. The zero-order valence-corrected chi connectivity index (χ0v) is 36.1. The van der Waals surface area contributed by atoms with Crippen LogP contribution in [0.3, 0.4) is 0 Å². The lowest BCUT2D eigenvalue weighted by Crippen LogP contribution is -2.86. The fourth-order valence-corrected chi connectivity index (χ4v) is 11.3. The first-order valence-electron chi connectivity index (χ1n) is 21.4. The van der Waals surface area contributed by atoms with Crippen molar-refractivity contribution < 1.29 is 0 Å². The van der Waals surface area contributed by atoms with Gasteiger partial charge >= 0.3 is 20.9 Å². The van der Waals surface area contributed by atoms with Gasteiger partial charge in [-0.1, -0.05) is 215 Å². The highest BCUT2D eigenvalue weighted by molar-refractivity contribution is 7.99. The summed E-state index contributed by atoms with van der Waals surface area (Å²) in [7, 11) is 0. The third-order valence-electron chi connectivity index (χ3n) is 13.5. The van der Waals surface area contributed by atoms with E-state index in [4.69, 9.17) is 0 Å². The third kappa shape index (κ3) is 6.76. The molecule has 2 aliphatic heterocycles. The molecule has 7 heteroatoms. The molecule has 1 saturated heterocycles. The van der Waals surface area contributed by atoms with Crippen LogP contribution in [0.25, 0.3) is 11.1 Å². The smallest absolute Gasteiger partial charge is 0.388 e. The van der Waals surface area contributed by atoms with Crippen LogP contribution in [0.2, 0.25) is 0 Å². The summed E-state index contributed by atoms with van der Waals surface area (Å²) in [6.45, 7) is 9.10. The minimum Gasteiger partial charge on any atom is -0.416 e. The van der Waals surface area contributed by atoms with Crippen LogP contribution in [0.5, 0.6) is 0 Å². The van der Waals surface area contributed by atoms with Gasteiger partial charge in [0.15, 0.2) is 0 Å². The summed E-state index contributed by atoms with van der Waals surface area (Å²) in [5.74, 6) is 0. The Bertz CT molecular complexity index is 2680. The molecule has 8 aromatic carbocycles. The highest BCUT2D eigenvalue weighted by atomic mass is 32.2. The molecule has 1 fully saturated rings. The molecule has 61 heavy (non-hydrogen) atoms. The van der Waals surface area contributed by atoms with Crippen molar-refractivity contribution in [2.24, 2.45) is 0 Å². The molecule has 0 saturated carbocycles. The zero-order valence-electron chi connectivity index (χ0n) is 35.3. The standard InChI is InChI=1S/C54H48B3N3S/c1-53(2)49-37-20-21-39-51(49)61-52-48(36-23-38-50(52)54(53,3)4)41-24-22-35-47(40-41)60-56(43-27-12-6-13-28-43)58(45-31-16-8-17-32-45)55(42-25-10-5-11-26-42)59(46-33-18-9-19-34-46)57(60)44-29-14-7-15-30-44/h5-40H,1-4H3. The number of fused-ring (bicyclic) bond motifs is 2. The SMILES string of the molecule is CC1(C)c2ccccc2Sc2c(-c3cccc(N4B(c5ccccc5)N(c5ccccc5)B(c5ccccc5)N(c5ccccc5)B4c4ccccc4)c3)cccc2C1(C)C. The lowest BCUT2D eigenvalue weighted by atomic mass is 9.37. The molecule has 0 radical (unpaired) electrons. The highest BCUT2D eigenvalue weighted by Crippen LogP contribution is 2.55. The molecular formula is C54H48B3N3S. The Morgan fingerprint density at radius 2 is 0.738 bits per heavy atom. The highest BCUT2D eigenvalue weighted by Gasteiger charge is 2.56. The van der Waals surface area contributed by atoms with Gasteiger partial charge in [0.25, 0.3) is 0 Å². The molecule has 0 spiro atoms. The number of rotatable bonds is 7. The van der Waals surface area contributed by atoms with Crippen LogP contribution < -0.4 is 30.6 Å². The van der Waals surface area contributed by atoms with Crippen molar-refractivity contribution in [1.82, 2.24) is 0 Å². The number of hydrogen-bond acceptors (Lipinski definition) is 4. The molecule has 0 N–H and O–H groups in total. The van der Waals surface area contributed by atoms with E-state index < -0.39 is 0 Å². The van der Waals surface area contributed by atoms with Crippen molar-refractivity contribution in [3.63, 3.8) is 0 Å². The van der Waals surface area contributed by atoms with E-state index in [-0.39, 0.29) is 31.8 Å². The molecule has 0 unspecified atom stereocenters. The van der Waals surface area contributed by atoms with Crippen molar-refractivity contribution in [2.75, 3.05) is 14.2 Å². The van der Waals surface area contributed by atoms with E-state index in [0.717, 1.165) is 17.1 Å². The Balaban J connectivity index is 1.25. The topological polar surface area (TPSA) is 9.72 Å². The minimum atomic E-state index is -0.205. The van der Waals surface area contributed by atoms with Gasteiger partial charge in [-0.25, -0.2) is 0 Å². The first-order valence-corrected chi connectivity index (χ1v) is 22.3. The average Bonchev–Trinajstić information content (AvgIpc) is 3.38. The van der Waals surface area contributed by atoms with Gasteiger partial charge in [0, 0.05) is 26.9 Å². The lowest BCUT2D eigenvalue weighted by Gasteiger charge is -2.57. The number of benzene rings is 8. The Hall–Kier alpha value is -6.30. The van der Waals surface area contributed by atoms with Crippen molar-refractivity contribution in [3.8, 4) is 11.1 Å². The maximum atomic E-state index is 2.67. The van der Waals surface area contributed by atoms with Crippen LogP contribution in [0, 0.1) is 0 Å². The van der Waals surface area contributed by atoms with Gasteiger partial charge in [0.1, 0.15) is 0 Å². The van der Waals surface area contributed by atoms with Crippen LogP contribution in [0.4, 0.5) is 17.1 Å². The van der Waals surface area contributed by atoms with Gasteiger partial charge in [-0.15, -0.1) is 0 Å². The molecular weight excluding hydrogens is 755 g/mol. The lowest BCUT2D eigenvalue weighted by molar-refractivity contribution is 0.296. The van der Waals surface area contributed by atoms with Crippen LogP contribution in [-0.4, -0.2) is 20.9 Å². The van der Waals surface area contributed by atoms with Gasteiger partial charge in [-0.2, -0.15) is 0 Å². The number of anilines is 3. The molecule has 0 aromatic heterocycles. The molecule has 0 amide bonds. The fourth-order valence-electron chi connectivity index (χ4n) is 9.75. The molecule has 3 nitrogen and oxygen atoms in total. The predicted octanol–water partition coefficient (Wildman–Crippen LogP) is 11.1. The van der Waals surface area contributed by atoms with E-state index >= 15 is 0 Å². The molecule has 8 aromatic rings. The number of para-hydroxylation sites is 2. The van der Waals surface area contributed by atoms with Gasteiger partial charge in [-0.3, -0.25) is 0 Å². The summed E-state index contributed by atoms with van der Waals surface area (Å²) in [6, 6.07) is 80.6. The Morgan fingerprint density at radius 1 is 0.361 bits per heavy atom. The van der Waals surface area contributed by atoms with Crippen molar-refractivity contribution in [3.05, 3.63) is 230 Å². The number of hydrogen-bond donors (Lipinski definition) is 0. The minimum absolute atomic E-state index is 0.0843. The van der Waals surface area contributed by atoms with E-state index in [1.165, 1.54) is 48.4 Å². The largest absolute Gasteiger partial charge is 0.416 e. The molecule has 0 bridgehead atoms. The summed E-state index contributed by atoms with van der Waals surface area (Å²) in [5.41, 5.74) is 12.1. The first-order chi connectivity index (χ1) is 29.8. The van der Waals surface area contributed by atoms with Crippen LogP contribution in [-0.2, 0) is 10.8 Å². The molecule has 2 aliphatic rings. The van der Waals surface area contributed by atoms with Gasteiger partial charge < -0.3 is 14.2 Å². The maximum Gasteiger partial charge on any atom is 0.388 e. The molecule has 0 atom stereocenters. The summed E-state index contributed by atoms with van der Waals surface area (Å²) >= 11 is 1.93. The third-order valence-corrected chi connectivity index (χ3v) is 14.7. The summed E-state index contributed by atoms with van der Waals surface area (Å²) < 4.78 is 7.94.